The Bertz CT molecular complexity index is 1270. The number of carbonyl (C=O) groups excluding carboxylic acids is 3. The van der Waals surface area contributed by atoms with Gasteiger partial charge in [-0.25, -0.2) is 4.79 Å². The SMILES string of the molecule is C[C@H]1[C@H]([Si](C)(C)O)[C@@H](CC(=O)N(CCO)Cc2ccccc2)O[C@]12C(=O)Nc1ccc(N3CCOC3=O)cc12. The lowest BCUT2D eigenvalue weighted by Gasteiger charge is -2.32. The molecule has 2 saturated heterocycles. The number of anilines is 2. The highest BCUT2D eigenvalue weighted by atomic mass is 28.4. The van der Waals surface area contributed by atoms with Crippen molar-refractivity contribution in [2.75, 3.05) is 36.5 Å². The first-order chi connectivity index (χ1) is 18.6. The fourth-order valence-corrected chi connectivity index (χ4v) is 8.95. The predicted molar refractivity (Wildman–Crippen MR) is 146 cm³/mol. The third-order valence-corrected chi connectivity index (χ3v) is 10.6. The summed E-state index contributed by atoms with van der Waals surface area (Å²) in [4.78, 5) is 53.9. The first kappa shape index (κ1) is 27.3. The van der Waals surface area contributed by atoms with Crippen LogP contribution in [-0.2, 0) is 31.2 Å². The third-order valence-electron chi connectivity index (χ3n) is 8.11. The number of carbonyl (C=O) groups is 3. The lowest BCUT2D eigenvalue weighted by Crippen LogP contribution is -2.44. The number of rotatable bonds is 8. The molecule has 11 heteroatoms. The van der Waals surface area contributed by atoms with Crippen molar-refractivity contribution in [3.63, 3.8) is 0 Å². The van der Waals surface area contributed by atoms with Crippen molar-refractivity contribution < 1.29 is 33.8 Å². The number of cyclic esters (lactones) is 1. The van der Waals surface area contributed by atoms with Crippen LogP contribution < -0.4 is 10.2 Å². The van der Waals surface area contributed by atoms with E-state index in [2.05, 4.69) is 5.32 Å². The number of hydrogen-bond acceptors (Lipinski definition) is 7. The summed E-state index contributed by atoms with van der Waals surface area (Å²) in [7, 11) is -2.95. The highest BCUT2D eigenvalue weighted by Gasteiger charge is 2.65. The van der Waals surface area contributed by atoms with Gasteiger partial charge in [0.1, 0.15) is 6.61 Å². The van der Waals surface area contributed by atoms with Gasteiger partial charge < -0.3 is 29.6 Å². The maximum Gasteiger partial charge on any atom is 0.414 e. The zero-order chi connectivity index (χ0) is 27.9. The van der Waals surface area contributed by atoms with E-state index in [9.17, 15) is 24.3 Å². The van der Waals surface area contributed by atoms with Crippen molar-refractivity contribution in [1.82, 2.24) is 4.90 Å². The number of hydrogen-bond donors (Lipinski definition) is 3. The normalized spacial score (nSPS) is 26.1. The first-order valence-corrected chi connectivity index (χ1v) is 16.3. The molecule has 10 nitrogen and oxygen atoms in total. The average Bonchev–Trinajstić information content (AvgIpc) is 3.53. The third kappa shape index (κ3) is 4.84. The summed E-state index contributed by atoms with van der Waals surface area (Å²) in [5.41, 5.74) is 0.854. The Kier molecular flexibility index (Phi) is 7.27. The summed E-state index contributed by atoms with van der Waals surface area (Å²) < 4.78 is 11.7. The molecular formula is C28H35N3O7Si. The van der Waals surface area contributed by atoms with Crippen LogP contribution in [0, 0.1) is 5.92 Å². The zero-order valence-electron chi connectivity index (χ0n) is 22.4. The van der Waals surface area contributed by atoms with Gasteiger partial charge >= 0.3 is 6.09 Å². The Morgan fingerprint density at radius 1 is 1.21 bits per heavy atom. The molecule has 3 amide bonds. The van der Waals surface area contributed by atoms with Crippen molar-refractivity contribution in [2.45, 2.75) is 50.2 Å². The van der Waals surface area contributed by atoms with Gasteiger partial charge in [0.05, 0.1) is 25.7 Å². The topological polar surface area (TPSA) is 129 Å². The van der Waals surface area contributed by atoms with E-state index in [-0.39, 0.29) is 38.0 Å². The van der Waals surface area contributed by atoms with Crippen molar-refractivity contribution in [1.29, 1.82) is 0 Å². The number of nitrogens with zero attached hydrogens (tertiary/aromatic N) is 2. The Hall–Kier alpha value is -3.25. The number of benzene rings is 2. The fraction of sp³-hybridized carbons (Fsp3) is 0.464. The molecule has 3 heterocycles. The average molecular weight is 554 g/mol. The van der Waals surface area contributed by atoms with Gasteiger partial charge in [-0.2, -0.15) is 0 Å². The summed E-state index contributed by atoms with van der Waals surface area (Å²) in [5, 5.41) is 12.6. The van der Waals surface area contributed by atoms with E-state index < -0.39 is 37.6 Å². The molecule has 0 bridgehead atoms. The Balaban J connectivity index is 1.47. The summed E-state index contributed by atoms with van der Waals surface area (Å²) >= 11 is 0. The van der Waals surface area contributed by atoms with Crippen LogP contribution in [0.25, 0.3) is 0 Å². The van der Waals surface area contributed by atoms with E-state index >= 15 is 0 Å². The van der Waals surface area contributed by atoms with E-state index in [4.69, 9.17) is 9.47 Å². The number of nitrogens with one attached hydrogen (secondary N) is 1. The molecule has 0 aliphatic carbocycles. The standard InChI is InChI=1S/C28H35N3O7Si/c1-18-25(39(2,3)36)23(16-24(33)30(11-13-32)17-19-7-5-4-6-8-19)38-28(18)21-15-20(31-12-14-37-27(31)35)9-10-22(21)29-26(28)34/h4-10,15,18,23,25,32,36H,11-14,16-17H2,1-3H3,(H,29,34)/t18-,23+,25-,28+/m0/s1. The summed E-state index contributed by atoms with van der Waals surface area (Å²) in [5.74, 6) is -1.01. The van der Waals surface area contributed by atoms with Crippen LogP contribution in [0.5, 0.6) is 0 Å². The molecule has 4 atom stereocenters. The van der Waals surface area contributed by atoms with E-state index in [0.717, 1.165) is 5.56 Å². The zero-order valence-corrected chi connectivity index (χ0v) is 23.4. The number of amides is 3. The van der Waals surface area contributed by atoms with Crippen LogP contribution >= 0.6 is 0 Å². The second kappa shape index (κ2) is 10.4. The number of fused-ring (bicyclic) bond motifs is 2. The Morgan fingerprint density at radius 2 is 1.95 bits per heavy atom. The molecule has 208 valence electrons. The Labute approximate surface area is 228 Å². The summed E-state index contributed by atoms with van der Waals surface area (Å²) in [6.07, 6.45) is -1.20. The maximum absolute atomic E-state index is 13.6. The molecule has 3 aliphatic heterocycles. The lowest BCUT2D eigenvalue weighted by molar-refractivity contribution is -0.148. The highest BCUT2D eigenvalue weighted by Crippen LogP contribution is 2.58. The second-order valence-electron chi connectivity index (χ2n) is 11.0. The molecule has 1 spiro atoms. The van der Waals surface area contributed by atoms with E-state index in [1.807, 2.05) is 37.3 Å². The van der Waals surface area contributed by atoms with Crippen LogP contribution in [0.15, 0.2) is 48.5 Å². The molecule has 0 radical (unpaired) electrons. The minimum absolute atomic E-state index is 0.0403. The van der Waals surface area contributed by atoms with Gasteiger partial charge in [0, 0.05) is 41.5 Å². The quantitative estimate of drug-likeness (QED) is 0.429. The van der Waals surface area contributed by atoms with E-state index in [1.165, 1.54) is 4.90 Å². The van der Waals surface area contributed by atoms with Crippen LogP contribution in [0.3, 0.4) is 0 Å². The van der Waals surface area contributed by atoms with Gasteiger partial charge in [-0.3, -0.25) is 14.5 Å². The lowest BCUT2D eigenvalue weighted by atomic mass is 9.82. The fourth-order valence-electron chi connectivity index (χ4n) is 6.40. The monoisotopic (exact) mass is 553 g/mol. The molecule has 2 aromatic rings. The van der Waals surface area contributed by atoms with Crippen LogP contribution in [-0.4, -0.2) is 73.4 Å². The molecule has 0 unspecified atom stereocenters. The molecule has 2 aromatic carbocycles. The molecule has 0 saturated carbocycles. The summed E-state index contributed by atoms with van der Waals surface area (Å²) in [6, 6.07) is 14.8. The predicted octanol–water partition coefficient (Wildman–Crippen LogP) is 2.80. The van der Waals surface area contributed by atoms with E-state index in [1.54, 1.807) is 36.2 Å². The second-order valence-corrected chi connectivity index (χ2v) is 15.0. The van der Waals surface area contributed by atoms with Gasteiger partial charge in [-0.05, 0) is 36.9 Å². The van der Waals surface area contributed by atoms with Crippen LogP contribution in [0.2, 0.25) is 18.6 Å². The molecule has 3 aliphatic rings. The largest absolute Gasteiger partial charge is 0.447 e. The van der Waals surface area contributed by atoms with E-state index in [0.29, 0.717) is 30.0 Å². The molecule has 0 aromatic heterocycles. The first-order valence-electron chi connectivity index (χ1n) is 13.3. The van der Waals surface area contributed by atoms with Gasteiger partial charge in [-0.15, -0.1) is 0 Å². The Morgan fingerprint density at radius 3 is 2.59 bits per heavy atom. The summed E-state index contributed by atoms with van der Waals surface area (Å²) in [6.45, 7) is 6.48. The molecule has 5 rings (SSSR count). The van der Waals surface area contributed by atoms with Crippen LogP contribution in [0.1, 0.15) is 24.5 Å². The number of aliphatic hydroxyl groups is 1. The highest BCUT2D eigenvalue weighted by molar-refractivity contribution is 6.71. The minimum atomic E-state index is -2.95. The van der Waals surface area contributed by atoms with Gasteiger partial charge in [-0.1, -0.05) is 37.3 Å². The molecular weight excluding hydrogens is 518 g/mol. The van der Waals surface area contributed by atoms with Crippen molar-refractivity contribution in [2.24, 2.45) is 5.92 Å². The van der Waals surface area contributed by atoms with Gasteiger partial charge in [0.15, 0.2) is 13.9 Å². The number of ether oxygens (including phenoxy) is 2. The van der Waals surface area contributed by atoms with Gasteiger partial charge in [0.25, 0.3) is 5.91 Å². The number of aliphatic hydroxyl groups excluding tert-OH is 1. The van der Waals surface area contributed by atoms with Gasteiger partial charge in [0.2, 0.25) is 5.91 Å². The minimum Gasteiger partial charge on any atom is -0.447 e. The van der Waals surface area contributed by atoms with Crippen molar-refractivity contribution in [3.05, 3.63) is 59.7 Å². The smallest absolute Gasteiger partial charge is 0.414 e. The van der Waals surface area contributed by atoms with Crippen molar-refractivity contribution in [3.8, 4) is 0 Å². The van der Waals surface area contributed by atoms with Crippen LogP contribution in [0.4, 0.5) is 16.2 Å². The molecule has 3 N–H and O–H groups in total. The molecule has 2 fully saturated rings. The molecule has 39 heavy (non-hydrogen) atoms. The van der Waals surface area contributed by atoms with Crippen molar-refractivity contribution >= 4 is 37.6 Å². The maximum atomic E-state index is 13.6.